The number of aliphatic hydroxyl groups excluding tert-OH is 2. The molecule has 0 aliphatic carbocycles. The second-order valence-corrected chi connectivity index (χ2v) is 12.6. The molecule has 3 atom stereocenters. The Balaban J connectivity index is 4.41. The zero-order valence-corrected chi connectivity index (χ0v) is 27.8. The van der Waals surface area contributed by atoms with Crippen LogP contribution in [0.1, 0.15) is 142 Å². The quantitative estimate of drug-likeness (QED) is 0.0306. The monoisotopic (exact) mass is 636 g/mol. The van der Waals surface area contributed by atoms with Crippen LogP contribution in [-0.2, 0) is 32.7 Å². The van der Waals surface area contributed by atoms with Gasteiger partial charge in [0.15, 0.2) is 6.10 Å². The summed E-state index contributed by atoms with van der Waals surface area (Å²) in [5, 5.41) is 18.2. The van der Waals surface area contributed by atoms with Crippen molar-refractivity contribution >= 4 is 19.8 Å². The smallest absolute Gasteiger partial charge is 0.462 e. The summed E-state index contributed by atoms with van der Waals surface area (Å²) in [5.74, 6) is -0.937. The number of allylic oxidation sites excluding steroid dienone is 2. The van der Waals surface area contributed by atoms with Crippen molar-refractivity contribution in [3.63, 3.8) is 0 Å². The highest BCUT2D eigenvalue weighted by molar-refractivity contribution is 7.47. The summed E-state index contributed by atoms with van der Waals surface area (Å²) in [6, 6.07) is 0. The number of carbonyl (C=O) groups is 2. The number of hydrogen-bond acceptors (Lipinski definition) is 9. The molecule has 0 bridgehead atoms. The van der Waals surface area contributed by atoms with E-state index in [2.05, 4.69) is 30.5 Å². The summed E-state index contributed by atoms with van der Waals surface area (Å²) in [7, 11) is -4.60. The first-order valence-corrected chi connectivity index (χ1v) is 18.1. The number of hydrogen-bond donors (Lipinski definition) is 3. The fourth-order valence-electron chi connectivity index (χ4n) is 4.27. The van der Waals surface area contributed by atoms with Crippen molar-refractivity contribution in [2.45, 2.75) is 154 Å². The van der Waals surface area contributed by atoms with E-state index in [1.807, 2.05) is 0 Å². The molecule has 0 amide bonds. The summed E-state index contributed by atoms with van der Waals surface area (Å²) in [6.45, 7) is 2.26. The second-order valence-electron chi connectivity index (χ2n) is 11.2. The molecule has 0 rings (SSSR count). The normalized spacial score (nSPS) is 14.4. The van der Waals surface area contributed by atoms with Gasteiger partial charge < -0.3 is 24.6 Å². The van der Waals surface area contributed by atoms with Gasteiger partial charge in [0, 0.05) is 12.8 Å². The molecule has 43 heavy (non-hydrogen) atoms. The Morgan fingerprint density at radius 3 is 1.74 bits per heavy atom. The largest absolute Gasteiger partial charge is 0.472 e. The number of carbonyl (C=O) groups excluding carboxylic acids is 2. The summed E-state index contributed by atoms with van der Waals surface area (Å²) in [4.78, 5) is 34.5. The van der Waals surface area contributed by atoms with Gasteiger partial charge in [-0.3, -0.25) is 18.6 Å². The molecule has 11 heteroatoms. The van der Waals surface area contributed by atoms with Crippen molar-refractivity contribution in [1.29, 1.82) is 0 Å². The van der Waals surface area contributed by atoms with Crippen LogP contribution in [0.5, 0.6) is 0 Å². The Bertz CT molecular complexity index is 746. The molecule has 3 N–H and O–H groups in total. The van der Waals surface area contributed by atoms with E-state index in [-0.39, 0.29) is 19.4 Å². The van der Waals surface area contributed by atoms with Crippen LogP contribution in [0, 0.1) is 0 Å². The topological polar surface area (TPSA) is 149 Å². The van der Waals surface area contributed by atoms with Gasteiger partial charge in [-0.05, 0) is 32.1 Å². The van der Waals surface area contributed by atoms with E-state index in [0.717, 1.165) is 44.9 Å². The molecule has 0 aliphatic heterocycles. The summed E-state index contributed by atoms with van der Waals surface area (Å²) >= 11 is 0. The van der Waals surface area contributed by atoms with Crippen LogP contribution in [-0.4, -0.2) is 65.7 Å². The van der Waals surface area contributed by atoms with Gasteiger partial charge in [-0.1, -0.05) is 109 Å². The van der Waals surface area contributed by atoms with E-state index in [1.165, 1.54) is 57.8 Å². The number of phosphoric ester groups is 1. The SMILES string of the molecule is CCCC/C=C\CCCCCCCCCC(=O)O[C@H](COC(=O)CCCCCCCCC)COP(=O)(O)OC[C@@H](O)CO. The van der Waals surface area contributed by atoms with Crippen molar-refractivity contribution in [2.24, 2.45) is 0 Å². The van der Waals surface area contributed by atoms with Crippen molar-refractivity contribution < 1.29 is 47.8 Å². The molecule has 0 aromatic rings. The van der Waals surface area contributed by atoms with Gasteiger partial charge in [-0.2, -0.15) is 0 Å². The highest BCUT2D eigenvalue weighted by Gasteiger charge is 2.27. The fraction of sp³-hybridized carbons (Fsp3) is 0.875. The lowest BCUT2D eigenvalue weighted by molar-refractivity contribution is -0.161. The molecule has 0 heterocycles. The van der Waals surface area contributed by atoms with Gasteiger partial charge in [0.2, 0.25) is 0 Å². The third-order valence-corrected chi connectivity index (χ3v) is 7.87. The fourth-order valence-corrected chi connectivity index (χ4v) is 5.06. The average molecular weight is 637 g/mol. The third-order valence-electron chi connectivity index (χ3n) is 6.92. The van der Waals surface area contributed by atoms with Crippen LogP contribution in [0.15, 0.2) is 12.2 Å². The molecule has 1 unspecified atom stereocenters. The van der Waals surface area contributed by atoms with Crippen molar-refractivity contribution in [3.05, 3.63) is 12.2 Å². The first kappa shape index (κ1) is 41.7. The lowest BCUT2D eigenvalue weighted by atomic mass is 10.1. The third kappa shape index (κ3) is 29.2. The van der Waals surface area contributed by atoms with Gasteiger partial charge in [0.25, 0.3) is 0 Å². The maximum atomic E-state index is 12.4. The van der Waals surface area contributed by atoms with Crippen molar-refractivity contribution in [3.8, 4) is 0 Å². The molecule has 0 saturated heterocycles. The molecule has 254 valence electrons. The molecule has 0 aliphatic rings. The van der Waals surface area contributed by atoms with E-state index in [4.69, 9.17) is 19.1 Å². The standard InChI is InChI=1S/C32H61O10P/c1-3-5-7-9-11-12-13-14-15-16-18-20-22-24-32(36)42-30(28-41-43(37,38)40-26-29(34)25-33)27-39-31(35)23-21-19-17-10-8-6-4-2/h9,11,29-30,33-34H,3-8,10,12-28H2,1-2H3,(H,37,38)/b11-9-/t29-,30+/m0/s1. The van der Waals surface area contributed by atoms with Gasteiger partial charge in [0.05, 0.1) is 19.8 Å². The molecular formula is C32H61O10P. The molecule has 0 fully saturated rings. The van der Waals surface area contributed by atoms with Crippen LogP contribution in [0.4, 0.5) is 0 Å². The number of unbranched alkanes of at least 4 members (excludes halogenated alkanes) is 15. The molecule has 0 radical (unpaired) electrons. The van der Waals surface area contributed by atoms with Crippen LogP contribution in [0.2, 0.25) is 0 Å². The Morgan fingerprint density at radius 1 is 0.674 bits per heavy atom. The average Bonchev–Trinajstić information content (AvgIpc) is 2.99. The first-order chi connectivity index (χ1) is 20.7. The van der Waals surface area contributed by atoms with Gasteiger partial charge >= 0.3 is 19.8 Å². The predicted molar refractivity (Wildman–Crippen MR) is 168 cm³/mol. The van der Waals surface area contributed by atoms with Gasteiger partial charge in [0.1, 0.15) is 12.7 Å². The Labute approximate surface area is 260 Å². The van der Waals surface area contributed by atoms with E-state index in [1.54, 1.807) is 0 Å². The van der Waals surface area contributed by atoms with Gasteiger partial charge in [-0.15, -0.1) is 0 Å². The summed E-state index contributed by atoms with van der Waals surface area (Å²) in [6.07, 6.45) is 22.1. The maximum Gasteiger partial charge on any atom is 0.472 e. The highest BCUT2D eigenvalue weighted by Crippen LogP contribution is 2.43. The molecule has 0 saturated carbocycles. The number of ether oxygens (including phenoxy) is 2. The lowest BCUT2D eigenvalue weighted by Crippen LogP contribution is -2.29. The molecular weight excluding hydrogens is 575 g/mol. The minimum atomic E-state index is -4.60. The van der Waals surface area contributed by atoms with Crippen LogP contribution < -0.4 is 0 Å². The Morgan fingerprint density at radius 2 is 1.16 bits per heavy atom. The van der Waals surface area contributed by atoms with Crippen molar-refractivity contribution in [2.75, 3.05) is 26.4 Å². The number of esters is 2. The van der Waals surface area contributed by atoms with E-state index in [0.29, 0.717) is 12.8 Å². The maximum absolute atomic E-state index is 12.4. The van der Waals surface area contributed by atoms with Crippen LogP contribution in [0.3, 0.4) is 0 Å². The zero-order valence-electron chi connectivity index (χ0n) is 26.9. The van der Waals surface area contributed by atoms with Crippen LogP contribution in [0.25, 0.3) is 0 Å². The minimum Gasteiger partial charge on any atom is -0.462 e. The van der Waals surface area contributed by atoms with Crippen LogP contribution >= 0.6 is 7.82 Å². The van der Waals surface area contributed by atoms with E-state index >= 15 is 0 Å². The summed E-state index contributed by atoms with van der Waals surface area (Å²) < 4.78 is 32.3. The Kier molecular flexibility index (Phi) is 28.5. The van der Waals surface area contributed by atoms with E-state index in [9.17, 15) is 24.2 Å². The lowest BCUT2D eigenvalue weighted by Gasteiger charge is -2.20. The minimum absolute atomic E-state index is 0.182. The van der Waals surface area contributed by atoms with Gasteiger partial charge in [-0.25, -0.2) is 4.57 Å². The highest BCUT2D eigenvalue weighted by atomic mass is 31.2. The second kappa shape index (κ2) is 29.4. The summed E-state index contributed by atoms with van der Waals surface area (Å²) in [5.41, 5.74) is 0. The number of aliphatic hydroxyl groups is 2. The molecule has 0 aromatic heterocycles. The Hall–Kier alpha value is -1.29. The molecule has 0 aromatic carbocycles. The zero-order chi connectivity index (χ0) is 32.0. The number of phosphoric acid groups is 1. The van der Waals surface area contributed by atoms with Crippen molar-refractivity contribution in [1.82, 2.24) is 0 Å². The first-order valence-electron chi connectivity index (χ1n) is 16.6. The van der Waals surface area contributed by atoms with E-state index < -0.39 is 51.8 Å². The molecule has 10 nitrogen and oxygen atoms in total. The number of rotatable bonds is 31. The molecule has 0 spiro atoms. The predicted octanol–water partition coefficient (Wildman–Crippen LogP) is 7.33.